The number of ether oxygens (including phenoxy) is 1. The van der Waals surface area contributed by atoms with Crippen LogP contribution < -0.4 is 0 Å². The molecule has 2 atom stereocenters. The molecule has 3 aromatic carbocycles. The van der Waals surface area contributed by atoms with Crippen molar-refractivity contribution in [1.29, 1.82) is 0 Å². The van der Waals surface area contributed by atoms with Crippen LogP contribution in [0.2, 0.25) is 0 Å². The van der Waals surface area contributed by atoms with Crippen molar-refractivity contribution in [1.82, 2.24) is 4.90 Å². The molecule has 2 heterocycles. The van der Waals surface area contributed by atoms with E-state index < -0.39 is 5.60 Å². The second-order valence-corrected chi connectivity index (χ2v) is 9.91. The van der Waals surface area contributed by atoms with Gasteiger partial charge in [-0.25, -0.2) is 4.79 Å². The molecule has 1 amide bonds. The Morgan fingerprint density at radius 1 is 0.939 bits per heavy atom. The van der Waals surface area contributed by atoms with Crippen LogP contribution in [0.25, 0.3) is 11.1 Å². The summed E-state index contributed by atoms with van der Waals surface area (Å²) < 4.78 is 5.96. The van der Waals surface area contributed by atoms with Crippen LogP contribution in [0.3, 0.4) is 0 Å². The number of carbonyl (C=O) groups excluding carboxylic acids is 1. The van der Waals surface area contributed by atoms with Crippen LogP contribution in [0.4, 0.5) is 4.79 Å². The number of amides is 1. The number of aliphatic hydroxyl groups is 1. The number of hydrogen-bond donors (Lipinski definition) is 1. The molecule has 2 saturated heterocycles. The molecule has 2 fully saturated rings. The molecule has 1 aliphatic carbocycles. The van der Waals surface area contributed by atoms with E-state index in [9.17, 15) is 9.90 Å². The molecule has 4 heteroatoms. The number of carbonyl (C=O) groups is 1. The summed E-state index contributed by atoms with van der Waals surface area (Å²) in [4.78, 5) is 15.2. The second-order valence-electron chi connectivity index (χ2n) is 9.91. The fraction of sp³-hybridized carbons (Fsp3) is 0.345. The number of benzene rings is 3. The van der Waals surface area contributed by atoms with E-state index in [-0.39, 0.29) is 24.1 Å². The lowest BCUT2D eigenvalue weighted by molar-refractivity contribution is -0.0531. The van der Waals surface area contributed by atoms with Gasteiger partial charge in [0.1, 0.15) is 6.61 Å². The number of rotatable bonds is 3. The van der Waals surface area contributed by atoms with E-state index in [1.807, 2.05) is 30.0 Å². The molecule has 1 N–H and O–H groups in total. The summed E-state index contributed by atoms with van der Waals surface area (Å²) in [6.07, 6.45) is 2.73. The first-order valence-electron chi connectivity index (χ1n) is 12.0. The Bertz CT molecular complexity index is 1160. The zero-order valence-corrected chi connectivity index (χ0v) is 18.9. The number of hydrogen-bond acceptors (Lipinski definition) is 3. The molecule has 3 aromatic rings. The number of fused-ring (bicyclic) bond motifs is 5. The molecule has 6 rings (SSSR count). The first-order chi connectivity index (χ1) is 16.0. The second kappa shape index (κ2) is 7.74. The Balaban J connectivity index is 1.19. The van der Waals surface area contributed by atoms with Crippen molar-refractivity contribution in [2.24, 2.45) is 0 Å². The van der Waals surface area contributed by atoms with Gasteiger partial charge >= 0.3 is 6.09 Å². The quantitative estimate of drug-likeness (QED) is 0.565. The minimum absolute atomic E-state index is 0.0184. The third kappa shape index (κ3) is 3.36. The van der Waals surface area contributed by atoms with Gasteiger partial charge in [0, 0.05) is 30.8 Å². The smallest absolute Gasteiger partial charge is 0.410 e. The molecule has 0 radical (unpaired) electrons. The van der Waals surface area contributed by atoms with E-state index >= 15 is 0 Å². The van der Waals surface area contributed by atoms with E-state index in [2.05, 4.69) is 54.6 Å². The van der Waals surface area contributed by atoms with Crippen LogP contribution in [-0.4, -0.2) is 34.8 Å². The van der Waals surface area contributed by atoms with Crippen LogP contribution in [-0.2, 0) is 10.3 Å². The fourth-order valence-corrected chi connectivity index (χ4v) is 6.36. The highest BCUT2D eigenvalue weighted by Gasteiger charge is 2.50. The fourth-order valence-electron chi connectivity index (χ4n) is 6.36. The normalized spacial score (nSPS) is 25.6. The summed E-state index contributed by atoms with van der Waals surface area (Å²) in [5.74, 6) is 0.0630. The minimum Gasteiger partial charge on any atom is -0.448 e. The molecule has 168 valence electrons. The summed E-state index contributed by atoms with van der Waals surface area (Å²) in [7, 11) is 0. The molecular weight excluding hydrogens is 410 g/mol. The van der Waals surface area contributed by atoms with Crippen LogP contribution in [0, 0.1) is 6.92 Å². The van der Waals surface area contributed by atoms with Crippen molar-refractivity contribution in [3.05, 3.63) is 95.1 Å². The predicted molar refractivity (Wildman–Crippen MR) is 128 cm³/mol. The summed E-state index contributed by atoms with van der Waals surface area (Å²) in [6.45, 7) is 2.39. The van der Waals surface area contributed by atoms with Gasteiger partial charge < -0.3 is 14.7 Å². The molecule has 33 heavy (non-hydrogen) atoms. The lowest BCUT2D eigenvalue weighted by atomic mass is 9.80. The maximum Gasteiger partial charge on any atom is 0.410 e. The summed E-state index contributed by atoms with van der Waals surface area (Å²) in [5, 5.41) is 11.5. The van der Waals surface area contributed by atoms with E-state index in [1.165, 1.54) is 22.3 Å². The third-order valence-electron chi connectivity index (χ3n) is 7.87. The summed E-state index contributed by atoms with van der Waals surface area (Å²) >= 11 is 0. The van der Waals surface area contributed by atoms with Crippen molar-refractivity contribution in [3.63, 3.8) is 0 Å². The van der Waals surface area contributed by atoms with Gasteiger partial charge in [0.15, 0.2) is 0 Å². The largest absolute Gasteiger partial charge is 0.448 e. The summed E-state index contributed by atoms with van der Waals surface area (Å²) in [6, 6.07) is 25.0. The summed E-state index contributed by atoms with van der Waals surface area (Å²) in [5.41, 5.74) is 6.14. The Labute approximate surface area is 194 Å². The van der Waals surface area contributed by atoms with Crippen molar-refractivity contribution < 1.29 is 14.6 Å². The Kier molecular flexibility index (Phi) is 4.81. The molecular formula is C29H29NO3. The standard InChI is InChI=1S/C29H29NO3/c1-19-7-6-8-20(15-19)29(32)16-21-13-14-22(17-29)30(21)28(31)33-18-27-25-11-4-2-9-23(25)24-10-3-5-12-26(24)27/h2-12,15,21-22,27,32H,13-14,16-18H2,1H3. The van der Waals surface area contributed by atoms with Crippen molar-refractivity contribution in [2.75, 3.05) is 6.61 Å². The average molecular weight is 440 g/mol. The van der Waals surface area contributed by atoms with Gasteiger partial charge in [0.25, 0.3) is 0 Å². The maximum atomic E-state index is 13.3. The number of piperidine rings is 1. The lowest BCUT2D eigenvalue weighted by Crippen LogP contribution is -2.52. The highest BCUT2D eigenvalue weighted by atomic mass is 16.6. The lowest BCUT2D eigenvalue weighted by Gasteiger charge is -2.43. The number of aryl methyl sites for hydroxylation is 1. The minimum atomic E-state index is -0.877. The highest BCUT2D eigenvalue weighted by molar-refractivity contribution is 5.79. The molecule has 2 unspecified atom stereocenters. The average Bonchev–Trinajstić information content (AvgIpc) is 3.30. The van der Waals surface area contributed by atoms with Crippen LogP contribution in [0.5, 0.6) is 0 Å². The molecule has 2 bridgehead atoms. The van der Waals surface area contributed by atoms with Gasteiger partial charge in [-0.3, -0.25) is 0 Å². The van der Waals surface area contributed by atoms with Gasteiger partial charge in [-0.1, -0.05) is 78.4 Å². The predicted octanol–water partition coefficient (Wildman–Crippen LogP) is 5.76. The van der Waals surface area contributed by atoms with Gasteiger partial charge in [-0.2, -0.15) is 0 Å². The van der Waals surface area contributed by atoms with E-state index in [1.54, 1.807) is 0 Å². The molecule has 3 aliphatic rings. The van der Waals surface area contributed by atoms with E-state index in [0.29, 0.717) is 19.4 Å². The van der Waals surface area contributed by atoms with Gasteiger partial charge in [-0.05, 0) is 47.6 Å². The highest BCUT2D eigenvalue weighted by Crippen LogP contribution is 2.47. The maximum absolute atomic E-state index is 13.3. The van der Waals surface area contributed by atoms with Gasteiger partial charge in [0.2, 0.25) is 0 Å². The van der Waals surface area contributed by atoms with E-state index in [4.69, 9.17) is 4.74 Å². The monoisotopic (exact) mass is 439 g/mol. The van der Waals surface area contributed by atoms with Gasteiger partial charge in [-0.15, -0.1) is 0 Å². The third-order valence-corrected chi connectivity index (χ3v) is 7.87. The van der Waals surface area contributed by atoms with Crippen LogP contribution in [0.15, 0.2) is 72.8 Å². The van der Waals surface area contributed by atoms with Crippen LogP contribution >= 0.6 is 0 Å². The van der Waals surface area contributed by atoms with Crippen LogP contribution in [0.1, 0.15) is 53.9 Å². The Hall–Kier alpha value is -3.11. The van der Waals surface area contributed by atoms with Crippen molar-refractivity contribution >= 4 is 6.09 Å². The number of nitrogens with zero attached hydrogens (tertiary/aromatic N) is 1. The van der Waals surface area contributed by atoms with Crippen molar-refractivity contribution in [3.8, 4) is 11.1 Å². The van der Waals surface area contributed by atoms with Crippen molar-refractivity contribution in [2.45, 2.75) is 56.2 Å². The molecule has 0 spiro atoms. The Morgan fingerprint density at radius 3 is 2.15 bits per heavy atom. The van der Waals surface area contributed by atoms with Gasteiger partial charge in [0.05, 0.1) is 5.60 Å². The molecule has 4 nitrogen and oxygen atoms in total. The SMILES string of the molecule is Cc1cccc(C2(O)CC3CCC(C2)N3C(=O)OCC2c3ccccc3-c3ccccc32)c1. The first kappa shape index (κ1) is 20.5. The van der Waals surface area contributed by atoms with E-state index in [0.717, 1.165) is 24.0 Å². The topological polar surface area (TPSA) is 49.8 Å². The Morgan fingerprint density at radius 2 is 1.55 bits per heavy atom. The zero-order chi connectivity index (χ0) is 22.6. The zero-order valence-electron chi connectivity index (χ0n) is 18.9. The molecule has 2 aliphatic heterocycles. The molecule has 0 aromatic heterocycles. The first-order valence-corrected chi connectivity index (χ1v) is 12.0. The molecule has 0 saturated carbocycles.